The molecule has 0 aliphatic carbocycles. The number of aryl methyl sites for hydroxylation is 1. The second-order valence-corrected chi connectivity index (χ2v) is 5.86. The minimum absolute atomic E-state index is 0.781. The Kier molecular flexibility index (Phi) is 3.52. The van der Waals surface area contributed by atoms with Gasteiger partial charge in [0.05, 0.1) is 10.7 Å². The number of rotatable bonds is 3. The van der Waals surface area contributed by atoms with Gasteiger partial charge in [-0.1, -0.05) is 42.0 Å². The number of nitrogens with zero attached hydrogens (tertiary/aromatic N) is 1. The minimum atomic E-state index is 0.781. The third kappa shape index (κ3) is 2.89. The third-order valence-electron chi connectivity index (χ3n) is 3.20. The average molecular weight is 280 g/mol. The second-order valence-electron chi connectivity index (χ2n) is 4.91. The van der Waals surface area contributed by atoms with Crippen LogP contribution in [0, 0.1) is 6.92 Å². The van der Waals surface area contributed by atoms with Crippen LogP contribution in [0.4, 0.5) is 5.69 Å². The normalized spacial score (nSPS) is 10.7. The lowest BCUT2D eigenvalue weighted by Crippen LogP contribution is -1.88. The molecule has 1 aromatic heterocycles. The number of nitrogens with two attached hydrogens (primary N) is 1. The number of nitrogen functional groups attached to an aromatic ring is 1. The predicted octanol–water partition coefficient (Wildman–Crippen LogP) is 4.29. The number of thiazole rings is 1. The van der Waals surface area contributed by atoms with E-state index >= 15 is 0 Å². The van der Waals surface area contributed by atoms with Gasteiger partial charge in [0.2, 0.25) is 0 Å². The van der Waals surface area contributed by atoms with Gasteiger partial charge in [0, 0.05) is 23.1 Å². The highest BCUT2D eigenvalue weighted by Crippen LogP contribution is 2.24. The highest BCUT2D eigenvalue weighted by atomic mass is 32.1. The zero-order valence-electron chi connectivity index (χ0n) is 11.3. The minimum Gasteiger partial charge on any atom is -0.399 e. The van der Waals surface area contributed by atoms with Gasteiger partial charge in [-0.05, 0) is 24.6 Å². The van der Waals surface area contributed by atoms with Gasteiger partial charge < -0.3 is 5.73 Å². The van der Waals surface area contributed by atoms with Crippen molar-refractivity contribution in [1.82, 2.24) is 4.98 Å². The van der Waals surface area contributed by atoms with E-state index in [1.165, 1.54) is 11.1 Å². The summed E-state index contributed by atoms with van der Waals surface area (Å²) < 4.78 is 0. The maximum Gasteiger partial charge on any atom is 0.0976 e. The molecule has 0 amide bonds. The van der Waals surface area contributed by atoms with E-state index in [0.29, 0.717) is 0 Å². The Balaban J connectivity index is 1.82. The molecule has 3 aromatic rings. The van der Waals surface area contributed by atoms with Gasteiger partial charge in [0.15, 0.2) is 0 Å². The summed E-state index contributed by atoms with van der Waals surface area (Å²) in [6.07, 6.45) is 0.890. The Morgan fingerprint density at radius 3 is 2.65 bits per heavy atom. The van der Waals surface area contributed by atoms with Gasteiger partial charge in [-0.2, -0.15) is 0 Å². The molecule has 0 saturated carbocycles. The SMILES string of the molecule is Cc1cccc(Cc2nc(-c3ccc(N)cc3)cs2)c1. The lowest BCUT2D eigenvalue weighted by molar-refractivity contribution is 1.13. The monoisotopic (exact) mass is 280 g/mol. The van der Waals surface area contributed by atoms with E-state index in [9.17, 15) is 0 Å². The molecule has 0 radical (unpaired) electrons. The fourth-order valence-electron chi connectivity index (χ4n) is 2.18. The predicted molar refractivity (Wildman–Crippen MR) is 85.9 cm³/mol. The number of aromatic nitrogens is 1. The first-order chi connectivity index (χ1) is 9.70. The third-order valence-corrected chi connectivity index (χ3v) is 4.04. The van der Waals surface area contributed by atoms with Crippen LogP contribution in [-0.2, 0) is 6.42 Å². The van der Waals surface area contributed by atoms with Crippen LogP contribution in [0.25, 0.3) is 11.3 Å². The van der Waals surface area contributed by atoms with Crippen molar-refractivity contribution in [2.75, 3.05) is 5.73 Å². The molecule has 0 bridgehead atoms. The molecule has 0 atom stereocenters. The van der Waals surface area contributed by atoms with Crippen LogP contribution in [0.15, 0.2) is 53.9 Å². The van der Waals surface area contributed by atoms with E-state index in [1.807, 2.05) is 24.3 Å². The molecular weight excluding hydrogens is 264 g/mol. The summed E-state index contributed by atoms with van der Waals surface area (Å²) in [5.41, 5.74) is 11.2. The van der Waals surface area contributed by atoms with Gasteiger partial charge >= 0.3 is 0 Å². The fraction of sp³-hybridized carbons (Fsp3) is 0.118. The zero-order chi connectivity index (χ0) is 13.9. The highest BCUT2D eigenvalue weighted by Gasteiger charge is 2.05. The Morgan fingerprint density at radius 1 is 1.10 bits per heavy atom. The topological polar surface area (TPSA) is 38.9 Å². The van der Waals surface area contributed by atoms with Gasteiger partial charge in [-0.25, -0.2) is 4.98 Å². The van der Waals surface area contributed by atoms with Crippen molar-refractivity contribution < 1.29 is 0 Å². The van der Waals surface area contributed by atoms with Crippen molar-refractivity contribution >= 4 is 17.0 Å². The van der Waals surface area contributed by atoms with Gasteiger partial charge in [0.1, 0.15) is 0 Å². The summed E-state index contributed by atoms with van der Waals surface area (Å²) >= 11 is 1.71. The summed E-state index contributed by atoms with van der Waals surface area (Å²) in [7, 11) is 0. The van der Waals surface area contributed by atoms with Crippen molar-refractivity contribution in [1.29, 1.82) is 0 Å². The molecule has 0 aliphatic rings. The first kappa shape index (κ1) is 12.9. The van der Waals surface area contributed by atoms with Crippen molar-refractivity contribution in [3.05, 3.63) is 70.0 Å². The second kappa shape index (κ2) is 5.47. The van der Waals surface area contributed by atoms with Crippen LogP contribution in [0.2, 0.25) is 0 Å². The molecule has 0 saturated heterocycles. The van der Waals surface area contributed by atoms with Crippen LogP contribution >= 0.6 is 11.3 Å². The molecule has 2 nitrogen and oxygen atoms in total. The zero-order valence-corrected chi connectivity index (χ0v) is 12.2. The van der Waals surface area contributed by atoms with E-state index in [0.717, 1.165) is 28.4 Å². The number of anilines is 1. The molecule has 0 aliphatic heterocycles. The smallest absolute Gasteiger partial charge is 0.0976 e. The summed E-state index contributed by atoms with van der Waals surface area (Å²) in [4.78, 5) is 4.71. The summed E-state index contributed by atoms with van der Waals surface area (Å²) in [5.74, 6) is 0. The molecule has 0 spiro atoms. The van der Waals surface area contributed by atoms with Gasteiger partial charge in [0.25, 0.3) is 0 Å². The van der Waals surface area contributed by atoms with Crippen LogP contribution < -0.4 is 5.73 Å². The molecule has 3 heteroatoms. The standard InChI is InChI=1S/C17H16N2S/c1-12-3-2-4-13(9-12)10-17-19-16(11-20-17)14-5-7-15(18)8-6-14/h2-9,11H,10,18H2,1H3. The molecular formula is C17H16N2S. The first-order valence-corrected chi connectivity index (χ1v) is 7.44. The number of hydrogen-bond acceptors (Lipinski definition) is 3. The molecule has 2 N–H and O–H groups in total. The molecule has 100 valence electrons. The van der Waals surface area contributed by atoms with Crippen LogP contribution in [0.1, 0.15) is 16.1 Å². The van der Waals surface area contributed by atoms with E-state index < -0.39 is 0 Å². The van der Waals surface area contributed by atoms with Crippen LogP contribution in [0.5, 0.6) is 0 Å². The first-order valence-electron chi connectivity index (χ1n) is 6.56. The van der Waals surface area contributed by atoms with Crippen LogP contribution in [-0.4, -0.2) is 4.98 Å². The Hall–Kier alpha value is -2.13. The van der Waals surface area contributed by atoms with E-state index in [4.69, 9.17) is 10.7 Å². The quantitative estimate of drug-likeness (QED) is 0.727. The number of benzene rings is 2. The molecule has 3 rings (SSSR count). The largest absolute Gasteiger partial charge is 0.399 e. The highest BCUT2D eigenvalue weighted by molar-refractivity contribution is 7.10. The summed E-state index contributed by atoms with van der Waals surface area (Å²) in [6, 6.07) is 16.4. The Labute approximate surface area is 122 Å². The van der Waals surface area contributed by atoms with Crippen LogP contribution in [0.3, 0.4) is 0 Å². The van der Waals surface area contributed by atoms with Crippen molar-refractivity contribution in [3.8, 4) is 11.3 Å². The molecule has 0 unspecified atom stereocenters. The number of hydrogen-bond donors (Lipinski definition) is 1. The molecule has 0 fully saturated rings. The van der Waals surface area contributed by atoms with E-state index in [2.05, 4.69) is 36.6 Å². The maximum atomic E-state index is 5.71. The van der Waals surface area contributed by atoms with E-state index in [-0.39, 0.29) is 0 Å². The van der Waals surface area contributed by atoms with E-state index in [1.54, 1.807) is 11.3 Å². The Morgan fingerprint density at radius 2 is 1.90 bits per heavy atom. The summed E-state index contributed by atoms with van der Waals surface area (Å²) in [6.45, 7) is 2.12. The van der Waals surface area contributed by atoms with Crippen molar-refractivity contribution in [3.63, 3.8) is 0 Å². The van der Waals surface area contributed by atoms with Gasteiger partial charge in [-0.3, -0.25) is 0 Å². The molecule has 2 aromatic carbocycles. The lowest BCUT2D eigenvalue weighted by Gasteiger charge is -2.00. The van der Waals surface area contributed by atoms with Crippen molar-refractivity contribution in [2.24, 2.45) is 0 Å². The lowest BCUT2D eigenvalue weighted by atomic mass is 10.1. The summed E-state index contributed by atoms with van der Waals surface area (Å²) in [5, 5.41) is 3.25. The Bertz CT molecular complexity index is 714. The molecule has 20 heavy (non-hydrogen) atoms. The molecule has 1 heterocycles. The maximum absolute atomic E-state index is 5.71. The van der Waals surface area contributed by atoms with Gasteiger partial charge in [-0.15, -0.1) is 11.3 Å². The van der Waals surface area contributed by atoms with Crippen molar-refractivity contribution in [2.45, 2.75) is 13.3 Å². The average Bonchev–Trinajstić information content (AvgIpc) is 2.88. The fourth-order valence-corrected chi connectivity index (χ4v) is 3.01.